The van der Waals surface area contributed by atoms with Gasteiger partial charge in [-0.2, -0.15) is 13.2 Å². The fourth-order valence-corrected chi connectivity index (χ4v) is 2.68. The highest BCUT2D eigenvalue weighted by Gasteiger charge is 2.32. The van der Waals surface area contributed by atoms with Crippen molar-refractivity contribution in [3.8, 4) is 0 Å². The first-order valence-electron chi connectivity index (χ1n) is 9.00. The molecule has 0 atom stereocenters. The molecule has 3 rings (SSSR count). The normalized spacial score (nSPS) is 11.1. The van der Waals surface area contributed by atoms with Crippen molar-refractivity contribution >= 4 is 29.0 Å². The van der Waals surface area contributed by atoms with Gasteiger partial charge in [-0.15, -0.1) is 0 Å². The van der Waals surface area contributed by atoms with E-state index in [0.29, 0.717) is 17.8 Å². The number of benzene rings is 2. The van der Waals surface area contributed by atoms with Crippen LogP contribution in [0.5, 0.6) is 0 Å². The molecule has 0 aliphatic carbocycles. The Morgan fingerprint density at radius 1 is 0.875 bits per heavy atom. The van der Waals surface area contributed by atoms with Crippen LogP contribution in [0.2, 0.25) is 0 Å². The van der Waals surface area contributed by atoms with Crippen molar-refractivity contribution in [1.29, 1.82) is 0 Å². The third kappa shape index (κ3) is 5.36. The van der Waals surface area contributed by atoms with Crippen LogP contribution < -0.4 is 16.0 Å². The Morgan fingerprint density at radius 2 is 1.56 bits per heavy atom. The van der Waals surface area contributed by atoms with Crippen LogP contribution in [0.3, 0.4) is 0 Å². The molecule has 1 heterocycles. The first kappa shape index (κ1) is 22.7. The highest BCUT2D eigenvalue weighted by Crippen LogP contribution is 2.31. The summed E-state index contributed by atoms with van der Waals surface area (Å²) in [5.74, 6) is -3.31. The zero-order chi connectivity index (χ0) is 23.5. The first-order chi connectivity index (χ1) is 15.1. The molecule has 0 saturated carbocycles. The lowest BCUT2D eigenvalue weighted by Crippen LogP contribution is -2.20. The second-order valence-electron chi connectivity index (χ2n) is 6.51. The van der Waals surface area contributed by atoms with Crippen LogP contribution in [-0.2, 0) is 6.18 Å². The number of halogens is 5. The minimum absolute atomic E-state index is 0.0186. The van der Waals surface area contributed by atoms with Crippen LogP contribution in [0.25, 0.3) is 0 Å². The quantitative estimate of drug-likeness (QED) is 0.491. The predicted octanol–water partition coefficient (Wildman–Crippen LogP) is 4.73. The van der Waals surface area contributed by atoms with Gasteiger partial charge in [-0.25, -0.2) is 13.8 Å². The van der Waals surface area contributed by atoms with Crippen molar-refractivity contribution in [2.24, 2.45) is 0 Å². The van der Waals surface area contributed by atoms with E-state index in [9.17, 15) is 31.5 Å². The standard InChI is InChI=1S/C21H15F5N4O2/c1-27-19(31)12-8-17(18(28-10-12)29-16-4-2-14(22)3-5-16)30-20(32)11-6-13(21(24,25)26)9-15(23)7-11/h2-10H,1H3,(H,27,31)(H,28,29)(H,30,32). The zero-order valence-electron chi connectivity index (χ0n) is 16.3. The van der Waals surface area contributed by atoms with E-state index >= 15 is 0 Å². The molecule has 0 saturated heterocycles. The van der Waals surface area contributed by atoms with Crippen molar-refractivity contribution < 1.29 is 31.5 Å². The molecule has 0 fully saturated rings. The van der Waals surface area contributed by atoms with Gasteiger partial charge in [-0.1, -0.05) is 0 Å². The predicted molar refractivity (Wildman–Crippen MR) is 107 cm³/mol. The molecule has 0 spiro atoms. The van der Waals surface area contributed by atoms with Gasteiger partial charge in [0.1, 0.15) is 11.6 Å². The molecule has 11 heteroatoms. The molecule has 0 unspecified atom stereocenters. The number of pyridine rings is 1. The Morgan fingerprint density at radius 3 is 2.19 bits per heavy atom. The summed E-state index contributed by atoms with van der Waals surface area (Å²) in [5.41, 5.74) is -1.56. The Balaban J connectivity index is 1.97. The molecular weight excluding hydrogens is 435 g/mol. The van der Waals surface area contributed by atoms with E-state index in [-0.39, 0.29) is 23.1 Å². The van der Waals surface area contributed by atoms with Crippen molar-refractivity contribution in [3.05, 3.63) is 83.1 Å². The summed E-state index contributed by atoms with van der Waals surface area (Å²) in [7, 11) is 1.37. The lowest BCUT2D eigenvalue weighted by molar-refractivity contribution is -0.137. The van der Waals surface area contributed by atoms with Gasteiger partial charge >= 0.3 is 6.18 Å². The third-order valence-corrected chi connectivity index (χ3v) is 4.22. The van der Waals surface area contributed by atoms with E-state index in [1.807, 2.05) is 0 Å². The van der Waals surface area contributed by atoms with Crippen molar-refractivity contribution in [2.75, 3.05) is 17.7 Å². The third-order valence-electron chi connectivity index (χ3n) is 4.22. The monoisotopic (exact) mass is 450 g/mol. The minimum atomic E-state index is -4.85. The molecule has 2 aromatic carbocycles. The van der Waals surface area contributed by atoms with Crippen molar-refractivity contribution in [1.82, 2.24) is 10.3 Å². The molecular formula is C21H15F5N4O2. The lowest BCUT2D eigenvalue weighted by atomic mass is 10.1. The zero-order valence-corrected chi connectivity index (χ0v) is 16.3. The molecule has 1 aromatic heterocycles. The summed E-state index contributed by atoms with van der Waals surface area (Å²) in [6.07, 6.45) is -3.66. The smallest absolute Gasteiger partial charge is 0.355 e. The van der Waals surface area contributed by atoms with Gasteiger partial charge in [0.25, 0.3) is 11.8 Å². The van der Waals surface area contributed by atoms with Gasteiger partial charge in [0.05, 0.1) is 16.8 Å². The van der Waals surface area contributed by atoms with Crippen LogP contribution in [0.1, 0.15) is 26.3 Å². The number of carbonyl (C=O) groups excluding carboxylic acids is 2. The van der Waals surface area contributed by atoms with E-state index in [1.165, 1.54) is 43.6 Å². The Kier molecular flexibility index (Phi) is 6.37. The highest BCUT2D eigenvalue weighted by molar-refractivity contribution is 6.07. The molecule has 0 radical (unpaired) electrons. The molecule has 3 N–H and O–H groups in total. The molecule has 0 aliphatic heterocycles. The first-order valence-corrected chi connectivity index (χ1v) is 9.00. The van der Waals surface area contributed by atoms with Gasteiger partial charge in [0, 0.05) is 24.5 Å². The number of hydrogen-bond donors (Lipinski definition) is 3. The molecule has 166 valence electrons. The number of aromatic nitrogens is 1. The number of nitrogens with one attached hydrogen (secondary N) is 3. The van der Waals surface area contributed by atoms with E-state index < -0.39 is 40.8 Å². The highest BCUT2D eigenvalue weighted by atomic mass is 19.4. The number of alkyl halides is 3. The Labute approximate surface area is 178 Å². The Bertz CT molecular complexity index is 1160. The maximum absolute atomic E-state index is 13.7. The summed E-state index contributed by atoms with van der Waals surface area (Å²) >= 11 is 0. The van der Waals surface area contributed by atoms with Crippen LogP contribution in [0, 0.1) is 11.6 Å². The summed E-state index contributed by atoms with van der Waals surface area (Å²) in [6, 6.07) is 7.77. The number of amides is 2. The fraction of sp³-hybridized carbons (Fsp3) is 0.0952. The summed E-state index contributed by atoms with van der Waals surface area (Å²) < 4.78 is 65.7. The van der Waals surface area contributed by atoms with E-state index in [2.05, 4.69) is 20.9 Å². The number of carbonyl (C=O) groups is 2. The van der Waals surface area contributed by atoms with Crippen LogP contribution in [0.15, 0.2) is 54.7 Å². The van der Waals surface area contributed by atoms with Gasteiger partial charge < -0.3 is 16.0 Å². The number of rotatable bonds is 5. The maximum atomic E-state index is 13.7. The fourth-order valence-electron chi connectivity index (χ4n) is 2.68. The minimum Gasteiger partial charge on any atom is -0.355 e. The van der Waals surface area contributed by atoms with Gasteiger partial charge in [0.2, 0.25) is 0 Å². The van der Waals surface area contributed by atoms with Crippen molar-refractivity contribution in [3.63, 3.8) is 0 Å². The summed E-state index contributed by atoms with van der Waals surface area (Å²) in [4.78, 5) is 28.6. The van der Waals surface area contributed by atoms with Gasteiger partial charge in [-0.05, 0) is 48.5 Å². The van der Waals surface area contributed by atoms with Crippen molar-refractivity contribution in [2.45, 2.75) is 6.18 Å². The SMILES string of the molecule is CNC(=O)c1cnc(Nc2ccc(F)cc2)c(NC(=O)c2cc(F)cc(C(F)(F)F)c2)c1. The molecule has 2 amide bonds. The molecule has 0 aliphatic rings. The van der Waals surface area contributed by atoms with Crippen LogP contribution >= 0.6 is 0 Å². The van der Waals surface area contributed by atoms with E-state index in [4.69, 9.17) is 0 Å². The average Bonchev–Trinajstić information content (AvgIpc) is 2.74. The summed E-state index contributed by atoms with van der Waals surface area (Å²) in [6.45, 7) is 0. The lowest BCUT2D eigenvalue weighted by Gasteiger charge is -2.14. The molecule has 6 nitrogen and oxygen atoms in total. The second kappa shape index (κ2) is 9.00. The molecule has 3 aromatic rings. The average molecular weight is 450 g/mol. The summed E-state index contributed by atoms with van der Waals surface area (Å²) in [5, 5.41) is 7.51. The maximum Gasteiger partial charge on any atom is 0.416 e. The topological polar surface area (TPSA) is 83.1 Å². The van der Waals surface area contributed by atoms with Crippen LogP contribution in [0.4, 0.5) is 39.1 Å². The number of anilines is 3. The number of hydrogen-bond acceptors (Lipinski definition) is 4. The van der Waals surface area contributed by atoms with E-state index in [0.717, 1.165) is 0 Å². The Hall–Kier alpha value is -4.02. The molecule has 0 bridgehead atoms. The number of nitrogens with zero attached hydrogens (tertiary/aromatic N) is 1. The van der Waals surface area contributed by atoms with Gasteiger partial charge in [0.15, 0.2) is 5.82 Å². The largest absolute Gasteiger partial charge is 0.416 e. The second-order valence-corrected chi connectivity index (χ2v) is 6.51. The van der Waals surface area contributed by atoms with Gasteiger partial charge in [-0.3, -0.25) is 9.59 Å². The van der Waals surface area contributed by atoms with Crippen LogP contribution in [-0.4, -0.2) is 23.8 Å². The molecule has 32 heavy (non-hydrogen) atoms. The van der Waals surface area contributed by atoms with E-state index in [1.54, 1.807) is 0 Å².